The molecule has 0 spiro atoms. The predicted octanol–water partition coefficient (Wildman–Crippen LogP) is 3.48. The number of aryl methyl sites for hydroxylation is 2. The molecule has 3 rings (SSSR count). The maximum absolute atomic E-state index is 13.1. The van der Waals surface area contributed by atoms with Gasteiger partial charge in [0.1, 0.15) is 5.82 Å². The second-order valence-electron chi connectivity index (χ2n) is 6.96. The van der Waals surface area contributed by atoms with Gasteiger partial charge < -0.3 is 5.32 Å². The molecule has 27 heavy (non-hydrogen) atoms. The highest BCUT2D eigenvalue weighted by Crippen LogP contribution is 2.26. The van der Waals surface area contributed by atoms with Crippen molar-refractivity contribution in [1.29, 1.82) is 0 Å². The normalized spacial score (nSPS) is 18.3. The molecule has 1 heterocycles. The van der Waals surface area contributed by atoms with Gasteiger partial charge in [0.2, 0.25) is 15.9 Å². The van der Waals surface area contributed by atoms with Crippen molar-refractivity contribution in [2.45, 2.75) is 31.6 Å². The Balaban J connectivity index is 1.74. The number of sulfonamides is 1. The highest BCUT2D eigenvalue weighted by atomic mass is 32.2. The molecular formula is C20H23FN2O3S. The van der Waals surface area contributed by atoms with E-state index in [-0.39, 0.29) is 17.3 Å². The van der Waals surface area contributed by atoms with Gasteiger partial charge in [0, 0.05) is 18.8 Å². The van der Waals surface area contributed by atoms with Crippen molar-refractivity contribution in [2.75, 3.05) is 18.4 Å². The molecule has 0 aliphatic carbocycles. The van der Waals surface area contributed by atoms with E-state index < -0.39 is 21.8 Å². The van der Waals surface area contributed by atoms with Crippen molar-refractivity contribution in [3.8, 4) is 0 Å². The number of piperidine rings is 1. The quantitative estimate of drug-likeness (QED) is 0.869. The second kappa shape index (κ2) is 7.78. The molecule has 7 heteroatoms. The fourth-order valence-electron chi connectivity index (χ4n) is 3.24. The number of hydrogen-bond acceptors (Lipinski definition) is 3. The zero-order valence-electron chi connectivity index (χ0n) is 15.4. The van der Waals surface area contributed by atoms with Crippen LogP contribution in [-0.4, -0.2) is 31.7 Å². The summed E-state index contributed by atoms with van der Waals surface area (Å²) < 4.78 is 40.0. The Hall–Kier alpha value is -2.25. The minimum Gasteiger partial charge on any atom is -0.326 e. The fourth-order valence-corrected chi connectivity index (χ4v) is 4.76. The molecule has 0 bridgehead atoms. The van der Waals surface area contributed by atoms with Gasteiger partial charge in [-0.25, -0.2) is 12.8 Å². The Morgan fingerprint density at radius 2 is 1.85 bits per heavy atom. The lowest BCUT2D eigenvalue weighted by Gasteiger charge is -2.31. The van der Waals surface area contributed by atoms with Gasteiger partial charge in [-0.15, -0.1) is 0 Å². The summed E-state index contributed by atoms with van der Waals surface area (Å²) in [5.41, 5.74) is 2.75. The second-order valence-corrected chi connectivity index (χ2v) is 8.90. The van der Waals surface area contributed by atoms with Crippen molar-refractivity contribution >= 4 is 21.6 Å². The van der Waals surface area contributed by atoms with Gasteiger partial charge in [0.15, 0.2) is 0 Å². The van der Waals surface area contributed by atoms with Crippen LogP contribution < -0.4 is 5.32 Å². The van der Waals surface area contributed by atoms with E-state index in [1.165, 1.54) is 16.4 Å². The summed E-state index contributed by atoms with van der Waals surface area (Å²) >= 11 is 0. The third-order valence-electron chi connectivity index (χ3n) is 4.86. The highest BCUT2D eigenvalue weighted by Gasteiger charge is 2.33. The minimum atomic E-state index is -3.75. The molecule has 1 N–H and O–H groups in total. The largest absolute Gasteiger partial charge is 0.326 e. The van der Waals surface area contributed by atoms with E-state index in [1.54, 1.807) is 0 Å². The molecule has 144 valence electrons. The van der Waals surface area contributed by atoms with Crippen LogP contribution in [0.5, 0.6) is 0 Å². The maximum atomic E-state index is 13.1. The monoisotopic (exact) mass is 390 g/mol. The van der Waals surface area contributed by atoms with Crippen molar-refractivity contribution in [1.82, 2.24) is 4.31 Å². The first-order chi connectivity index (χ1) is 12.8. The lowest BCUT2D eigenvalue weighted by atomic mass is 9.98. The zero-order valence-corrected chi connectivity index (χ0v) is 16.2. The number of nitrogens with one attached hydrogen (secondary N) is 1. The number of amides is 1. The molecule has 1 saturated heterocycles. The van der Waals surface area contributed by atoms with Crippen LogP contribution in [0.2, 0.25) is 0 Å². The van der Waals surface area contributed by atoms with Crippen LogP contribution in [0.25, 0.3) is 0 Å². The first kappa shape index (κ1) is 19.5. The zero-order chi connectivity index (χ0) is 19.6. The number of carbonyl (C=O) groups is 1. The Labute approximate surface area is 159 Å². The van der Waals surface area contributed by atoms with E-state index in [9.17, 15) is 17.6 Å². The van der Waals surface area contributed by atoms with Crippen molar-refractivity contribution in [2.24, 2.45) is 5.92 Å². The van der Waals surface area contributed by atoms with Crippen molar-refractivity contribution in [3.05, 3.63) is 59.4 Å². The standard InChI is InChI=1S/C20H23FN2O3S/c1-14-5-6-15(2)19(12-14)22-20(24)16-4-3-11-23(13-16)27(25,26)18-9-7-17(21)8-10-18/h5-10,12,16H,3-4,11,13H2,1-2H3,(H,22,24)/t16-/m0/s1. The summed E-state index contributed by atoms with van der Waals surface area (Å²) in [5, 5.41) is 2.93. The molecular weight excluding hydrogens is 367 g/mol. The molecule has 0 radical (unpaired) electrons. The van der Waals surface area contributed by atoms with Crippen molar-refractivity contribution < 1.29 is 17.6 Å². The topological polar surface area (TPSA) is 66.5 Å². The summed E-state index contributed by atoms with van der Waals surface area (Å²) in [5.74, 6) is -1.09. The highest BCUT2D eigenvalue weighted by molar-refractivity contribution is 7.89. The molecule has 1 aliphatic rings. The summed E-state index contributed by atoms with van der Waals surface area (Å²) in [7, 11) is -3.75. The molecule has 1 amide bonds. The molecule has 5 nitrogen and oxygen atoms in total. The lowest BCUT2D eigenvalue weighted by Crippen LogP contribution is -2.43. The number of carbonyl (C=O) groups excluding carboxylic acids is 1. The van der Waals surface area contributed by atoms with E-state index in [2.05, 4.69) is 5.32 Å². The lowest BCUT2D eigenvalue weighted by molar-refractivity contribution is -0.120. The van der Waals surface area contributed by atoms with Crippen LogP contribution in [0.3, 0.4) is 0 Å². The van der Waals surface area contributed by atoms with Crippen LogP contribution in [-0.2, 0) is 14.8 Å². The van der Waals surface area contributed by atoms with Gasteiger partial charge in [-0.05, 0) is 68.1 Å². The summed E-state index contributed by atoms with van der Waals surface area (Å²) in [4.78, 5) is 12.7. The van der Waals surface area contributed by atoms with Gasteiger partial charge in [-0.3, -0.25) is 4.79 Å². The predicted molar refractivity (Wildman–Crippen MR) is 102 cm³/mol. The number of anilines is 1. The fraction of sp³-hybridized carbons (Fsp3) is 0.350. The molecule has 1 aliphatic heterocycles. The van der Waals surface area contributed by atoms with Crippen LogP contribution in [0, 0.1) is 25.6 Å². The summed E-state index contributed by atoms with van der Waals surface area (Å²) in [6.45, 7) is 4.34. The van der Waals surface area contributed by atoms with E-state index in [0.29, 0.717) is 19.4 Å². The molecule has 0 unspecified atom stereocenters. The number of nitrogens with zero attached hydrogens (tertiary/aromatic N) is 1. The Morgan fingerprint density at radius 3 is 2.56 bits per heavy atom. The van der Waals surface area contributed by atoms with Crippen LogP contribution in [0.1, 0.15) is 24.0 Å². The van der Waals surface area contributed by atoms with Crippen LogP contribution in [0.15, 0.2) is 47.4 Å². The summed E-state index contributed by atoms with van der Waals surface area (Å²) in [6.07, 6.45) is 1.23. The Morgan fingerprint density at radius 1 is 1.15 bits per heavy atom. The Bertz CT molecular complexity index is 942. The molecule has 0 saturated carbocycles. The number of halogens is 1. The first-order valence-electron chi connectivity index (χ1n) is 8.91. The average Bonchev–Trinajstić information content (AvgIpc) is 2.65. The van der Waals surface area contributed by atoms with Gasteiger partial charge in [0.25, 0.3) is 0 Å². The smallest absolute Gasteiger partial charge is 0.243 e. The molecule has 1 fully saturated rings. The molecule has 2 aromatic carbocycles. The van der Waals surface area contributed by atoms with E-state index in [4.69, 9.17) is 0 Å². The van der Waals surface area contributed by atoms with Gasteiger partial charge in [0.05, 0.1) is 10.8 Å². The van der Waals surface area contributed by atoms with Crippen LogP contribution in [0.4, 0.5) is 10.1 Å². The maximum Gasteiger partial charge on any atom is 0.243 e. The number of rotatable bonds is 4. The molecule has 0 aromatic heterocycles. The third kappa shape index (κ3) is 4.36. The number of benzene rings is 2. The molecule has 1 atom stereocenters. The van der Waals surface area contributed by atoms with E-state index in [0.717, 1.165) is 28.9 Å². The Kier molecular flexibility index (Phi) is 5.62. The van der Waals surface area contributed by atoms with Crippen molar-refractivity contribution in [3.63, 3.8) is 0 Å². The van der Waals surface area contributed by atoms with Crippen LogP contribution >= 0.6 is 0 Å². The number of hydrogen-bond donors (Lipinski definition) is 1. The SMILES string of the molecule is Cc1ccc(C)c(NC(=O)[C@H]2CCCN(S(=O)(=O)c3ccc(F)cc3)C2)c1. The van der Waals surface area contributed by atoms with Gasteiger partial charge in [-0.1, -0.05) is 12.1 Å². The minimum absolute atomic E-state index is 0.0412. The average molecular weight is 390 g/mol. The van der Waals surface area contributed by atoms with E-state index in [1.807, 2.05) is 32.0 Å². The third-order valence-corrected chi connectivity index (χ3v) is 6.74. The van der Waals surface area contributed by atoms with Gasteiger partial charge in [-0.2, -0.15) is 4.31 Å². The molecule has 2 aromatic rings. The van der Waals surface area contributed by atoms with E-state index >= 15 is 0 Å². The summed E-state index contributed by atoms with van der Waals surface area (Å²) in [6, 6.07) is 10.6. The first-order valence-corrected chi connectivity index (χ1v) is 10.4. The van der Waals surface area contributed by atoms with Gasteiger partial charge >= 0.3 is 0 Å².